The molecule has 2 rings (SSSR count). The Balaban J connectivity index is 2.35. The Labute approximate surface area is 124 Å². The number of benzene rings is 2. The average molecular weight is 285 g/mol. The van der Waals surface area contributed by atoms with E-state index in [1.54, 1.807) is 12.1 Å². The third kappa shape index (κ3) is 3.95. The first-order chi connectivity index (χ1) is 10.2. The van der Waals surface area contributed by atoms with Gasteiger partial charge in [-0.25, -0.2) is 0 Å². The van der Waals surface area contributed by atoms with Crippen molar-refractivity contribution in [3.05, 3.63) is 42.5 Å². The van der Waals surface area contributed by atoms with Gasteiger partial charge in [0.1, 0.15) is 17.2 Å². The predicted molar refractivity (Wildman–Crippen MR) is 83.8 cm³/mol. The number of hydrogen-bond acceptors (Lipinski definition) is 5. The molecule has 2 aromatic rings. The number of anilines is 1. The molecular weight excluding hydrogens is 266 g/mol. The third-order valence-electron chi connectivity index (χ3n) is 2.72. The molecule has 21 heavy (non-hydrogen) atoms. The van der Waals surface area contributed by atoms with E-state index in [4.69, 9.17) is 15.2 Å². The van der Waals surface area contributed by atoms with E-state index in [9.17, 15) is 0 Å². The average Bonchev–Trinajstić information content (AvgIpc) is 2.50. The van der Waals surface area contributed by atoms with Gasteiger partial charge >= 0.3 is 0 Å². The van der Waals surface area contributed by atoms with Crippen LogP contribution in [-0.2, 0) is 0 Å². The molecular formula is C16H19N3O2. The van der Waals surface area contributed by atoms with Crippen LogP contribution >= 0.6 is 0 Å². The van der Waals surface area contributed by atoms with Crippen molar-refractivity contribution in [1.29, 1.82) is 0 Å². The maximum Gasteiger partial charge on any atom is 0.149 e. The summed E-state index contributed by atoms with van der Waals surface area (Å²) in [6.45, 7) is 4.88. The zero-order valence-corrected chi connectivity index (χ0v) is 12.2. The van der Waals surface area contributed by atoms with Gasteiger partial charge in [0.2, 0.25) is 0 Å². The Kier molecular flexibility index (Phi) is 5.15. The molecule has 110 valence electrons. The second-order valence-electron chi connectivity index (χ2n) is 4.26. The summed E-state index contributed by atoms with van der Waals surface area (Å²) in [6.07, 6.45) is 0. The number of ether oxygens (including phenoxy) is 2. The van der Waals surface area contributed by atoms with Gasteiger partial charge in [0.15, 0.2) is 0 Å². The highest BCUT2D eigenvalue weighted by molar-refractivity contribution is 5.67. The molecule has 0 unspecified atom stereocenters. The van der Waals surface area contributed by atoms with Gasteiger partial charge in [-0.15, -0.1) is 5.11 Å². The number of hydrogen-bond donors (Lipinski definition) is 1. The molecule has 0 amide bonds. The summed E-state index contributed by atoms with van der Waals surface area (Å²) in [5.41, 5.74) is 7.83. The molecule has 2 aromatic carbocycles. The van der Waals surface area contributed by atoms with E-state index >= 15 is 0 Å². The molecule has 0 aliphatic heterocycles. The lowest BCUT2D eigenvalue weighted by Crippen LogP contribution is -1.99. The Morgan fingerprint density at radius 3 is 2.24 bits per heavy atom. The molecule has 0 fully saturated rings. The largest absolute Gasteiger partial charge is 0.492 e. The van der Waals surface area contributed by atoms with Crippen molar-refractivity contribution in [3.8, 4) is 11.5 Å². The molecule has 2 N–H and O–H groups in total. The number of nitrogens with two attached hydrogens (primary N) is 1. The highest BCUT2D eigenvalue weighted by Crippen LogP contribution is 2.37. The van der Waals surface area contributed by atoms with Crippen molar-refractivity contribution < 1.29 is 9.47 Å². The minimum Gasteiger partial charge on any atom is -0.492 e. The van der Waals surface area contributed by atoms with Crippen molar-refractivity contribution in [2.75, 3.05) is 18.9 Å². The second-order valence-corrected chi connectivity index (χ2v) is 4.26. The van der Waals surface area contributed by atoms with Crippen LogP contribution in [0.25, 0.3) is 0 Å². The molecule has 0 heterocycles. The number of rotatable bonds is 6. The molecule has 0 aliphatic carbocycles. The summed E-state index contributed by atoms with van der Waals surface area (Å²) in [4.78, 5) is 0. The van der Waals surface area contributed by atoms with E-state index in [1.165, 1.54) is 0 Å². The zero-order valence-electron chi connectivity index (χ0n) is 12.2. The van der Waals surface area contributed by atoms with Crippen molar-refractivity contribution in [2.45, 2.75) is 13.8 Å². The third-order valence-corrected chi connectivity index (χ3v) is 2.72. The fourth-order valence-corrected chi connectivity index (χ4v) is 1.80. The lowest BCUT2D eigenvalue weighted by molar-refractivity contribution is 0.333. The van der Waals surface area contributed by atoms with E-state index in [2.05, 4.69) is 10.2 Å². The second kappa shape index (κ2) is 7.28. The minimum absolute atomic E-state index is 0.527. The molecule has 5 heteroatoms. The maximum absolute atomic E-state index is 5.94. The summed E-state index contributed by atoms with van der Waals surface area (Å²) in [5.74, 6) is 1.18. The molecule has 0 aromatic heterocycles. The van der Waals surface area contributed by atoms with Crippen LogP contribution in [0, 0.1) is 0 Å². The van der Waals surface area contributed by atoms with E-state index in [0.29, 0.717) is 36.1 Å². The Morgan fingerprint density at radius 2 is 1.57 bits per heavy atom. The van der Waals surface area contributed by atoms with Gasteiger partial charge in [-0.1, -0.05) is 18.2 Å². The monoisotopic (exact) mass is 285 g/mol. The minimum atomic E-state index is 0.527. The Bertz CT molecular complexity index is 612. The quantitative estimate of drug-likeness (QED) is 0.628. The van der Waals surface area contributed by atoms with Gasteiger partial charge in [-0.2, -0.15) is 5.11 Å². The van der Waals surface area contributed by atoms with E-state index in [1.807, 2.05) is 44.2 Å². The van der Waals surface area contributed by atoms with Crippen molar-refractivity contribution in [1.82, 2.24) is 0 Å². The van der Waals surface area contributed by atoms with Crippen LogP contribution in [-0.4, -0.2) is 13.2 Å². The fourth-order valence-electron chi connectivity index (χ4n) is 1.80. The lowest BCUT2D eigenvalue weighted by Gasteiger charge is -2.11. The number of nitrogens with zero attached hydrogens (tertiary/aromatic N) is 2. The van der Waals surface area contributed by atoms with Crippen LogP contribution in [0.2, 0.25) is 0 Å². The first kappa shape index (κ1) is 14.8. The topological polar surface area (TPSA) is 69.2 Å². The SMILES string of the molecule is CCOc1cc(N=Nc2ccccc2)c(OCC)cc1N. The molecule has 5 nitrogen and oxygen atoms in total. The van der Waals surface area contributed by atoms with Gasteiger partial charge in [-0.3, -0.25) is 0 Å². The summed E-state index contributed by atoms with van der Waals surface area (Å²) >= 11 is 0. The normalized spacial score (nSPS) is 10.8. The van der Waals surface area contributed by atoms with E-state index < -0.39 is 0 Å². The van der Waals surface area contributed by atoms with Gasteiger partial charge in [0.25, 0.3) is 0 Å². The zero-order chi connectivity index (χ0) is 15.1. The van der Waals surface area contributed by atoms with E-state index in [0.717, 1.165) is 5.69 Å². The fraction of sp³-hybridized carbons (Fsp3) is 0.250. The van der Waals surface area contributed by atoms with Crippen LogP contribution in [0.5, 0.6) is 11.5 Å². The van der Waals surface area contributed by atoms with Gasteiger partial charge in [-0.05, 0) is 26.0 Å². The maximum atomic E-state index is 5.94. The first-order valence-corrected chi connectivity index (χ1v) is 6.90. The van der Waals surface area contributed by atoms with Crippen LogP contribution in [0.15, 0.2) is 52.7 Å². The first-order valence-electron chi connectivity index (χ1n) is 6.90. The Morgan fingerprint density at radius 1 is 0.905 bits per heavy atom. The molecule has 0 aliphatic rings. The van der Waals surface area contributed by atoms with Crippen LogP contribution in [0.3, 0.4) is 0 Å². The summed E-state index contributed by atoms with van der Waals surface area (Å²) < 4.78 is 11.0. The summed E-state index contributed by atoms with van der Waals surface area (Å²) in [5, 5.41) is 8.44. The molecule has 0 bridgehead atoms. The van der Waals surface area contributed by atoms with Gasteiger partial charge in [0, 0.05) is 12.1 Å². The van der Waals surface area contributed by atoms with Crippen LogP contribution < -0.4 is 15.2 Å². The molecule has 0 atom stereocenters. The number of nitrogen functional groups attached to an aromatic ring is 1. The lowest BCUT2D eigenvalue weighted by atomic mass is 10.2. The molecule has 0 saturated carbocycles. The molecule has 0 saturated heterocycles. The highest BCUT2D eigenvalue weighted by Gasteiger charge is 2.10. The molecule has 0 radical (unpaired) electrons. The van der Waals surface area contributed by atoms with Crippen LogP contribution in [0.4, 0.5) is 17.1 Å². The highest BCUT2D eigenvalue weighted by atomic mass is 16.5. The predicted octanol–water partition coefficient (Wildman–Crippen LogP) is 4.48. The standard InChI is InChI=1S/C16H19N3O2/c1-3-20-15-11-14(16(21-4-2)10-13(15)17)19-18-12-8-6-5-7-9-12/h5-11H,3-4,17H2,1-2H3. The summed E-state index contributed by atoms with van der Waals surface area (Å²) in [7, 11) is 0. The van der Waals surface area contributed by atoms with Gasteiger partial charge in [0.05, 0.1) is 24.6 Å². The van der Waals surface area contributed by atoms with Crippen molar-refractivity contribution in [2.24, 2.45) is 10.2 Å². The van der Waals surface area contributed by atoms with Gasteiger partial charge < -0.3 is 15.2 Å². The molecule has 0 spiro atoms. The number of azo groups is 1. The van der Waals surface area contributed by atoms with Crippen molar-refractivity contribution >= 4 is 17.1 Å². The van der Waals surface area contributed by atoms with Crippen molar-refractivity contribution in [3.63, 3.8) is 0 Å². The van der Waals surface area contributed by atoms with Crippen LogP contribution in [0.1, 0.15) is 13.8 Å². The summed E-state index contributed by atoms with van der Waals surface area (Å²) in [6, 6.07) is 13.0. The Hall–Kier alpha value is -2.56. The van der Waals surface area contributed by atoms with E-state index in [-0.39, 0.29) is 0 Å². The smallest absolute Gasteiger partial charge is 0.149 e.